The first-order valence-corrected chi connectivity index (χ1v) is 6.69. The molecule has 2 fully saturated rings. The summed E-state index contributed by atoms with van der Waals surface area (Å²) in [5.74, 6) is 0. The fourth-order valence-corrected chi connectivity index (χ4v) is 3.11. The van der Waals surface area contributed by atoms with Gasteiger partial charge >= 0.3 is 0 Å². The lowest BCUT2D eigenvalue weighted by Gasteiger charge is -2.42. The molecule has 0 N–H and O–H groups in total. The van der Waals surface area contributed by atoms with Crippen LogP contribution in [0.2, 0.25) is 0 Å². The van der Waals surface area contributed by atoms with Crippen molar-refractivity contribution in [2.75, 3.05) is 32.7 Å². The van der Waals surface area contributed by atoms with Gasteiger partial charge in [-0.05, 0) is 51.7 Å². The minimum Gasteiger partial charge on any atom is -0.303 e. The Morgan fingerprint density at radius 1 is 1.12 bits per heavy atom. The number of hydrogen-bond acceptors (Lipinski definition) is 3. The average Bonchev–Trinajstić information content (AvgIpc) is 2.85. The molecule has 0 aromatic carbocycles. The summed E-state index contributed by atoms with van der Waals surface area (Å²) in [6.45, 7) is 7.92. The Morgan fingerprint density at radius 2 is 1.75 bits per heavy atom. The maximum atomic E-state index is 9.51. The van der Waals surface area contributed by atoms with E-state index >= 15 is 0 Å². The number of nitriles is 1. The molecule has 2 rings (SSSR count). The second-order valence-electron chi connectivity index (χ2n) is 5.18. The van der Waals surface area contributed by atoms with E-state index in [1.807, 2.05) is 0 Å². The van der Waals surface area contributed by atoms with Crippen LogP contribution in [0.4, 0.5) is 0 Å². The minimum atomic E-state index is -0.124. The zero-order chi connectivity index (χ0) is 11.4. The Labute approximate surface area is 99.0 Å². The Balaban J connectivity index is 1.95. The van der Waals surface area contributed by atoms with Crippen LogP contribution in [0, 0.1) is 11.3 Å². The molecule has 0 radical (unpaired) electrons. The normalized spacial score (nSPS) is 26.8. The smallest absolute Gasteiger partial charge is 0.111 e. The molecule has 0 atom stereocenters. The highest BCUT2D eigenvalue weighted by Crippen LogP contribution is 2.31. The van der Waals surface area contributed by atoms with Gasteiger partial charge in [-0.25, -0.2) is 0 Å². The maximum Gasteiger partial charge on any atom is 0.111 e. The fraction of sp³-hybridized carbons (Fsp3) is 0.923. The molecular formula is C13H23N3. The molecule has 0 aliphatic carbocycles. The van der Waals surface area contributed by atoms with Gasteiger partial charge < -0.3 is 4.90 Å². The van der Waals surface area contributed by atoms with Gasteiger partial charge in [0.2, 0.25) is 0 Å². The first-order valence-electron chi connectivity index (χ1n) is 6.69. The monoisotopic (exact) mass is 221 g/mol. The van der Waals surface area contributed by atoms with Crippen LogP contribution >= 0.6 is 0 Å². The van der Waals surface area contributed by atoms with Crippen LogP contribution in [-0.2, 0) is 0 Å². The Hall–Kier alpha value is -0.590. The summed E-state index contributed by atoms with van der Waals surface area (Å²) in [5, 5.41) is 9.51. The van der Waals surface area contributed by atoms with Crippen molar-refractivity contribution in [3.63, 3.8) is 0 Å². The van der Waals surface area contributed by atoms with E-state index in [1.165, 1.54) is 25.8 Å². The zero-order valence-corrected chi connectivity index (χ0v) is 10.4. The summed E-state index contributed by atoms with van der Waals surface area (Å²) in [4.78, 5) is 4.95. The van der Waals surface area contributed by atoms with Gasteiger partial charge in [0, 0.05) is 13.1 Å². The lowest BCUT2D eigenvalue weighted by Crippen LogP contribution is -2.53. The Kier molecular flexibility index (Phi) is 3.83. The van der Waals surface area contributed by atoms with Gasteiger partial charge in [0.05, 0.1) is 6.07 Å². The predicted octanol–water partition coefficient (Wildman–Crippen LogP) is 1.85. The van der Waals surface area contributed by atoms with E-state index in [-0.39, 0.29) is 5.54 Å². The van der Waals surface area contributed by atoms with Crippen molar-refractivity contribution in [1.82, 2.24) is 9.80 Å². The largest absolute Gasteiger partial charge is 0.303 e. The standard InChI is InChI=1S/C13H23N3/c1-2-7-15-10-5-13(12-14,6-11-15)16-8-3-4-9-16/h2-11H2,1H3. The molecule has 2 aliphatic heterocycles. The van der Waals surface area contributed by atoms with Gasteiger partial charge in [0.15, 0.2) is 0 Å². The average molecular weight is 221 g/mol. The van der Waals surface area contributed by atoms with Gasteiger partial charge in [-0.2, -0.15) is 5.26 Å². The highest BCUT2D eigenvalue weighted by atomic mass is 15.2. The molecule has 3 heteroatoms. The molecule has 3 nitrogen and oxygen atoms in total. The number of likely N-dealkylation sites (tertiary alicyclic amines) is 2. The summed E-state index contributed by atoms with van der Waals surface area (Å²) in [6, 6.07) is 2.62. The molecule has 0 unspecified atom stereocenters. The van der Waals surface area contributed by atoms with E-state index in [2.05, 4.69) is 22.8 Å². The summed E-state index contributed by atoms with van der Waals surface area (Å²) >= 11 is 0. The van der Waals surface area contributed by atoms with E-state index in [9.17, 15) is 5.26 Å². The SMILES string of the molecule is CCCN1CCC(C#N)(N2CCCC2)CC1. The zero-order valence-electron chi connectivity index (χ0n) is 10.4. The number of nitrogens with zero attached hydrogens (tertiary/aromatic N) is 3. The van der Waals surface area contributed by atoms with E-state index < -0.39 is 0 Å². The predicted molar refractivity (Wildman–Crippen MR) is 65.1 cm³/mol. The first-order chi connectivity index (χ1) is 7.80. The molecule has 2 heterocycles. The molecule has 0 saturated carbocycles. The topological polar surface area (TPSA) is 30.3 Å². The third-order valence-electron chi connectivity index (χ3n) is 4.14. The van der Waals surface area contributed by atoms with Crippen molar-refractivity contribution >= 4 is 0 Å². The van der Waals surface area contributed by atoms with Gasteiger partial charge in [0.1, 0.15) is 5.54 Å². The molecule has 0 aromatic rings. The van der Waals surface area contributed by atoms with Crippen LogP contribution in [0.5, 0.6) is 0 Å². The van der Waals surface area contributed by atoms with Crippen LogP contribution in [0.3, 0.4) is 0 Å². The lowest BCUT2D eigenvalue weighted by molar-refractivity contribution is 0.0789. The number of hydrogen-bond donors (Lipinski definition) is 0. The van der Waals surface area contributed by atoms with E-state index in [1.54, 1.807) is 0 Å². The molecule has 0 spiro atoms. The molecular weight excluding hydrogens is 198 g/mol. The second-order valence-corrected chi connectivity index (χ2v) is 5.18. The van der Waals surface area contributed by atoms with Crippen LogP contribution in [0.25, 0.3) is 0 Å². The third-order valence-corrected chi connectivity index (χ3v) is 4.14. The Morgan fingerprint density at radius 3 is 2.25 bits per heavy atom. The first kappa shape index (κ1) is 11.9. The molecule has 2 aliphatic rings. The summed E-state index contributed by atoms with van der Waals surface area (Å²) in [6.07, 6.45) is 5.88. The lowest BCUT2D eigenvalue weighted by atomic mass is 9.87. The minimum absolute atomic E-state index is 0.124. The molecule has 16 heavy (non-hydrogen) atoms. The Bertz CT molecular complexity index is 255. The summed E-state index contributed by atoms with van der Waals surface area (Å²) in [5.41, 5.74) is -0.124. The van der Waals surface area contributed by atoms with Crippen molar-refractivity contribution in [2.24, 2.45) is 0 Å². The number of piperidine rings is 1. The van der Waals surface area contributed by atoms with Crippen molar-refractivity contribution in [1.29, 1.82) is 5.26 Å². The van der Waals surface area contributed by atoms with Crippen LogP contribution in [-0.4, -0.2) is 48.1 Å². The van der Waals surface area contributed by atoms with Crippen molar-refractivity contribution < 1.29 is 0 Å². The summed E-state index contributed by atoms with van der Waals surface area (Å²) < 4.78 is 0. The molecule has 2 saturated heterocycles. The van der Waals surface area contributed by atoms with E-state index in [4.69, 9.17) is 0 Å². The van der Waals surface area contributed by atoms with Crippen molar-refractivity contribution in [3.8, 4) is 6.07 Å². The molecule has 0 bridgehead atoms. The van der Waals surface area contributed by atoms with Gasteiger partial charge in [-0.15, -0.1) is 0 Å². The van der Waals surface area contributed by atoms with E-state index in [0.29, 0.717) is 0 Å². The fourth-order valence-electron chi connectivity index (χ4n) is 3.11. The number of rotatable bonds is 3. The molecule has 90 valence electrons. The van der Waals surface area contributed by atoms with Gasteiger partial charge in [0.25, 0.3) is 0 Å². The highest BCUT2D eigenvalue weighted by Gasteiger charge is 2.40. The molecule has 0 amide bonds. The van der Waals surface area contributed by atoms with Crippen LogP contribution in [0.1, 0.15) is 39.0 Å². The van der Waals surface area contributed by atoms with Crippen molar-refractivity contribution in [2.45, 2.75) is 44.6 Å². The highest BCUT2D eigenvalue weighted by molar-refractivity contribution is 5.11. The third kappa shape index (κ3) is 2.23. The maximum absolute atomic E-state index is 9.51. The van der Waals surface area contributed by atoms with Gasteiger partial charge in [-0.3, -0.25) is 4.90 Å². The van der Waals surface area contributed by atoms with Crippen LogP contribution < -0.4 is 0 Å². The van der Waals surface area contributed by atoms with E-state index in [0.717, 1.165) is 39.0 Å². The molecule has 0 aromatic heterocycles. The van der Waals surface area contributed by atoms with Gasteiger partial charge in [-0.1, -0.05) is 6.92 Å². The quantitative estimate of drug-likeness (QED) is 0.728. The second kappa shape index (κ2) is 5.16. The summed E-state index contributed by atoms with van der Waals surface area (Å²) in [7, 11) is 0. The van der Waals surface area contributed by atoms with Crippen molar-refractivity contribution in [3.05, 3.63) is 0 Å². The van der Waals surface area contributed by atoms with Crippen LogP contribution in [0.15, 0.2) is 0 Å².